The minimum Gasteiger partial charge on any atom is -0.375 e. The first-order valence-electron chi connectivity index (χ1n) is 6.92. The molecule has 1 amide bonds. The lowest BCUT2D eigenvalue weighted by Gasteiger charge is -2.21. The summed E-state index contributed by atoms with van der Waals surface area (Å²) in [6.45, 7) is 0.444. The monoisotopic (exact) mass is 293 g/mol. The van der Waals surface area contributed by atoms with Gasteiger partial charge < -0.3 is 10.1 Å². The summed E-state index contributed by atoms with van der Waals surface area (Å²) in [5.74, 6) is 0.187. The zero-order valence-corrected chi connectivity index (χ0v) is 12.4. The molecule has 0 saturated carbocycles. The number of carbonyl (C=O) groups excluding carboxylic acids is 1. The summed E-state index contributed by atoms with van der Waals surface area (Å²) in [7, 11) is 1.63. The van der Waals surface area contributed by atoms with E-state index in [1.807, 2.05) is 24.3 Å². The van der Waals surface area contributed by atoms with Gasteiger partial charge in [-0.15, -0.1) is 0 Å². The molecule has 0 aliphatic heterocycles. The van der Waals surface area contributed by atoms with Crippen LogP contribution in [-0.4, -0.2) is 19.6 Å². The van der Waals surface area contributed by atoms with Crippen LogP contribution < -0.4 is 5.32 Å². The van der Waals surface area contributed by atoms with E-state index in [-0.39, 0.29) is 17.9 Å². The molecule has 0 aromatic heterocycles. The molecule has 0 fully saturated rings. The predicted octanol–water partition coefficient (Wildman–Crippen LogP) is 3.50. The highest BCUT2D eigenvalue weighted by atomic mass is 35.5. The van der Waals surface area contributed by atoms with Gasteiger partial charge in [-0.1, -0.05) is 42.0 Å². The highest BCUT2D eigenvalue weighted by Gasteiger charge is 2.20. The van der Waals surface area contributed by atoms with Crippen LogP contribution in [0.1, 0.15) is 30.9 Å². The van der Waals surface area contributed by atoms with Crippen molar-refractivity contribution >= 4 is 17.5 Å². The summed E-state index contributed by atoms with van der Waals surface area (Å²) in [5, 5.41) is 3.63. The number of rotatable bonds is 5. The molecule has 0 bridgehead atoms. The zero-order chi connectivity index (χ0) is 14.4. The van der Waals surface area contributed by atoms with Crippen molar-refractivity contribution in [2.45, 2.75) is 25.4 Å². The summed E-state index contributed by atoms with van der Waals surface area (Å²) in [6, 6.07) is 7.55. The third-order valence-corrected chi connectivity index (χ3v) is 3.98. The fraction of sp³-hybridized carbons (Fsp3) is 0.438. The van der Waals surface area contributed by atoms with Gasteiger partial charge >= 0.3 is 0 Å². The molecule has 1 N–H and O–H groups in total. The van der Waals surface area contributed by atoms with E-state index in [0.717, 1.165) is 24.8 Å². The molecular weight excluding hydrogens is 274 g/mol. The number of hydrogen-bond donors (Lipinski definition) is 1. The maximum absolute atomic E-state index is 12.1. The number of nitrogens with one attached hydrogen (secondary N) is 1. The number of halogens is 1. The molecule has 0 saturated heterocycles. The molecule has 4 heteroatoms. The average Bonchev–Trinajstić information content (AvgIpc) is 2.50. The van der Waals surface area contributed by atoms with Gasteiger partial charge in [0, 0.05) is 30.2 Å². The fourth-order valence-corrected chi connectivity index (χ4v) is 2.68. The Morgan fingerprint density at radius 3 is 2.90 bits per heavy atom. The lowest BCUT2D eigenvalue weighted by atomic mass is 9.93. The standard InChI is InChI=1S/C16H20ClNO2/c1-20-15(13-9-5-6-10-14(13)17)11-18-16(19)12-7-3-2-4-8-12/h2-3,5-6,9-10,12,15H,4,7-8,11H2,1H3,(H,18,19)/t12-,15+/m0/s1. The minimum absolute atomic E-state index is 0.0868. The van der Waals surface area contributed by atoms with Crippen LogP contribution in [0.25, 0.3) is 0 Å². The van der Waals surface area contributed by atoms with Crippen LogP contribution in [0, 0.1) is 5.92 Å². The summed E-state index contributed by atoms with van der Waals surface area (Å²) in [4.78, 5) is 12.1. The molecule has 1 aromatic rings. The van der Waals surface area contributed by atoms with Crippen molar-refractivity contribution in [1.82, 2.24) is 5.32 Å². The molecule has 20 heavy (non-hydrogen) atoms. The molecule has 1 aliphatic rings. The first-order chi connectivity index (χ1) is 9.72. The first-order valence-corrected chi connectivity index (χ1v) is 7.30. The fourth-order valence-electron chi connectivity index (χ4n) is 2.43. The van der Waals surface area contributed by atoms with Crippen LogP contribution in [0.5, 0.6) is 0 Å². The van der Waals surface area contributed by atoms with Crippen LogP contribution in [0.3, 0.4) is 0 Å². The van der Waals surface area contributed by atoms with E-state index in [0.29, 0.717) is 11.6 Å². The molecule has 3 nitrogen and oxygen atoms in total. The van der Waals surface area contributed by atoms with Gasteiger partial charge in [-0.2, -0.15) is 0 Å². The van der Waals surface area contributed by atoms with Crippen molar-refractivity contribution in [2.24, 2.45) is 5.92 Å². The molecule has 0 radical (unpaired) electrons. The molecule has 2 atom stereocenters. The molecule has 108 valence electrons. The van der Waals surface area contributed by atoms with E-state index in [1.54, 1.807) is 7.11 Å². The average molecular weight is 294 g/mol. The van der Waals surface area contributed by atoms with Gasteiger partial charge in [0.25, 0.3) is 0 Å². The van der Waals surface area contributed by atoms with Gasteiger partial charge in [-0.3, -0.25) is 4.79 Å². The van der Waals surface area contributed by atoms with Gasteiger partial charge in [0.1, 0.15) is 6.10 Å². The van der Waals surface area contributed by atoms with Crippen molar-refractivity contribution in [3.8, 4) is 0 Å². The van der Waals surface area contributed by atoms with Gasteiger partial charge in [0.2, 0.25) is 5.91 Å². The second kappa shape index (κ2) is 7.46. The van der Waals surface area contributed by atoms with E-state index in [9.17, 15) is 4.79 Å². The largest absolute Gasteiger partial charge is 0.375 e. The van der Waals surface area contributed by atoms with Gasteiger partial charge in [0.15, 0.2) is 0 Å². The zero-order valence-electron chi connectivity index (χ0n) is 11.6. The SMILES string of the molecule is CO[C@H](CNC(=O)[C@H]1CC=CCC1)c1ccccc1Cl. The number of methoxy groups -OCH3 is 1. The number of hydrogen-bond acceptors (Lipinski definition) is 2. The molecule has 1 aromatic carbocycles. The lowest BCUT2D eigenvalue weighted by molar-refractivity contribution is -0.125. The van der Waals surface area contributed by atoms with Crippen molar-refractivity contribution in [2.75, 3.05) is 13.7 Å². The predicted molar refractivity (Wildman–Crippen MR) is 80.7 cm³/mol. The summed E-state index contributed by atoms with van der Waals surface area (Å²) < 4.78 is 5.44. The quantitative estimate of drug-likeness (QED) is 0.844. The smallest absolute Gasteiger partial charge is 0.223 e. The minimum atomic E-state index is -0.216. The third-order valence-electron chi connectivity index (χ3n) is 3.64. The van der Waals surface area contributed by atoms with Crippen LogP contribution in [0.2, 0.25) is 5.02 Å². The Morgan fingerprint density at radius 2 is 2.25 bits per heavy atom. The van der Waals surface area contributed by atoms with E-state index in [2.05, 4.69) is 17.5 Å². The molecule has 1 aliphatic carbocycles. The lowest BCUT2D eigenvalue weighted by Crippen LogP contribution is -2.34. The van der Waals surface area contributed by atoms with Gasteiger partial charge in [-0.25, -0.2) is 0 Å². The highest BCUT2D eigenvalue weighted by molar-refractivity contribution is 6.31. The van der Waals surface area contributed by atoms with E-state index < -0.39 is 0 Å². The number of ether oxygens (including phenoxy) is 1. The summed E-state index contributed by atoms with van der Waals surface area (Å²) in [6.07, 6.45) is 6.73. The Hall–Kier alpha value is -1.32. The van der Waals surface area contributed by atoms with Gasteiger partial charge in [-0.05, 0) is 25.3 Å². The first kappa shape index (κ1) is 15.1. The Bertz CT molecular complexity index is 487. The Kier molecular flexibility index (Phi) is 5.62. The molecule has 0 unspecified atom stereocenters. The summed E-state index contributed by atoms with van der Waals surface area (Å²) in [5.41, 5.74) is 0.903. The summed E-state index contributed by atoms with van der Waals surface area (Å²) >= 11 is 6.16. The number of amides is 1. The second-order valence-electron chi connectivity index (χ2n) is 4.97. The Labute approximate surface area is 125 Å². The molecule has 0 heterocycles. The maximum atomic E-state index is 12.1. The Morgan fingerprint density at radius 1 is 1.45 bits per heavy atom. The second-order valence-corrected chi connectivity index (χ2v) is 5.38. The molecular formula is C16H20ClNO2. The number of carbonyl (C=O) groups is 1. The van der Waals surface area contributed by atoms with Gasteiger partial charge in [0.05, 0.1) is 0 Å². The van der Waals surface area contributed by atoms with Crippen LogP contribution in [-0.2, 0) is 9.53 Å². The molecule has 0 spiro atoms. The highest BCUT2D eigenvalue weighted by Crippen LogP contribution is 2.25. The number of benzene rings is 1. The van der Waals surface area contributed by atoms with Crippen molar-refractivity contribution in [1.29, 1.82) is 0 Å². The number of allylic oxidation sites excluding steroid dienone is 2. The molecule has 2 rings (SSSR count). The van der Waals surface area contributed by atoms with Crippen LogP contribution in [0.4, 0.5) is 0 Å². The van der Waals surface area contributed by atoms with E-state index in [1.165, 1.54) is 0 Å². The van der Waals surface area contributed by atoms with E-state index in [4.69, 9.17) is 16.3 Å². The van der Waals surface area contributed by atoms with Crippen molar-refractivity contribution < 1.29 is 9.53 Å². The van der Waals surface area contributed by atoms with Crippen molar-refractivity contribution in [3.05, 3.63) is 47.0 Å². The third kappa shape index (κ3) is 3.84. The Balaban J connectivity index is 1.92. The van der Waals surface area contributed by atoms with Crippen LogP contribution >= 0.6 is 11.6 Å². The van der Waals surface area contributed by atoms with Crippen molar-refractivity contribution in [3.63, 3.8) is 0 Å². The normalized spacial score (nSPS) is 19.6. The van der Waals surface area contributed by atoms with E-state index >= 15 is 0 Å². The topological polar surface area (TPSA) is 38.3 Å². The maximum Gasteiger partial charge on any atom is 0.223 e. The van der Waals surface area contributed by atoms with Crippen LogP contribution in [0.15, 0.2) is 36.4 Å².